The van der Waals surface area contributed by atoms with Crippen molar-refractivity contribution in [2.75, 3.05) is 0 Å². The molecule has 1 aliphatic heterocycles. The van der Waals surface area contributed by atoms with Crippen molar-refractivity contribution in [3.8, 4) is 0 Å². The third kappa shape index (κ3) is 6.44. The zero-order chi connectivity index (χ0) is 18.9. The Labute approximate surface area is 152 Å². The van der Waals surface area contributed by atoms with Gasteiger partial charge in [-0.1, -0.05) is 51.5 Å². The Morgan fingerprint density at radius 2 is 1.80 bits per heavy atom. The van der Waals surface area contributed by atoms with Gasteiger partial charge in [0.1, 0.15) is 11.2 Å². The summed E-state index contributed by atoms with van der Waals surface area (Å²) in [6.07, 6.45) is 14.7. The highest BCUT2D eigenvalue weighted by Gasteiger charge is 2.47. The molecule has 4 nitrogen and oxygen atoms in total. The summed E-state index contributed by atoms with van der Waals surface area (Å²) in [7, 11) is 0. The summed E-state index contributed by atoms with van der Waals surface area (Å²) < 4.78 is 0. The fraction of sp³-hybridized carbons (Fsp3) is 0.667. The minimum atomic E-state index is -0.967. The first kappa shape index (κ1) is 21.7. The first-order valence-corrected chi connectivity index (χ1v) is 9.48. The Bertz CT molecular complexity index is 520. The fourth-order valence-electron chi connectivity index (χ4n) is 3.30. The highest BCUT2D eigenvalue weighted by atomic mass is 17.2. The fourth-order valence-corrected chi connectivity index (χ4v) is 3.30. The average Bonchev–Trinajstić information content (AvgIpc) is 2.96. The third-order valence-electron chi connectivity index (χ3n) is 4.96. The van der Waals surface area contributed by atoms with Crippen molar-refractivity contribution in [1.82, 2.24) is 0 Å². The number of allylic oxidation sites excluding steroid dienone is 3. The molecule has 1 rings (SSSR count). The Kier molecular flexibility index (Phi) is 8.60. The van der Waals surface area contributed by atoms with Gasteiger partial charge in [-0.3, -0.25) is 0 Å². The summed E-state index contributed by atoms with van der Waals surface area (Å²) in [6.45, 7) is 10.6. The zero-order valence-corrected chi connectivity index (χ0v) is 16.4. The predicted octanol–water partition coefficient (Wildman–Crippen LogP) is 5.61. The van der Waals surface area contributed by atoms with Crippen LogP contribution in [-0.2, 0) is 14.6 Å². The second-order valence-corrected chi connectivity index (χ2v) is 7.05. The van der Waals surface area contributed by atoms with Crippen molar-refractivity contribution in [3.63, 3.8) is 0 Å². The van der Waals surface area contributed by atoms with E-state index in [-0.39, 0.29) is 0 Å². The molecule has 1 heterocycles. The van der Waals surface area contributed by atoms with E-state index in [2.05, 4.69) is 45.9 Å². The summed E-state index contributed by atoms with van der Waals surface area (Å²) in [5.41, 5.74) is 0.125. The van der Waals surface area contributed by atoms with E-state index < -0.39 is 17.2 Å². The monoisotopic (exact) mass is 350 g/mol. The minimum absolute atomic E-state index is 0.490. The quantitative estimate of drug-likeness (QED) is 0.316. The molecule has 1 saturated heterocycles. The van der Waals surface area contributed by atoms with E-state index in [0.29, 0.717) is 18.8 Å². The van der Waals surface area contributed by atoms with Crippen LogP contribution in [0.25, 0.3) is 0 Å². The van der Waals surface area contributed by atoms with Crippen LogP contribution in [0.3, 0.4) is 0 Å². The van der Waals surface area contributed by atoms with Crippen LogP contribution in [0.4, 0.5) is 0 Å². The molecule has 1 fully saturated rings. The molecule has 1 aliphatic rings. The average molecular weight is 350 g/mol. The molecule has 0 aliphatic carbocycles. The molecular formula is C21H34O4. The molecule has 1 unspecified atom stereocenters. The summed E-state index contributed by atoms with van der Waals surface area (Å²) in [5.74, 6) is -0.430. The normalized spacial score (nSPS) is 28.9. The lowest BCUT2D eigenvalue weighted by Crippen LogP contribution is -2.29. The van der Waals surface area contributed by atoms with Crippen molar-refractivity contribution in [2.45, 2.75) is 84.3 Å². The topological polar surface area (TPSA) is 55.8 Å². The van der Waals surface area contributed by atoms with E-state index in [4.69, 9.17) is 14.9 Å². The van der Waals surface area contributed by atoms with E-state index in [1.54, 1.807) is 6.08 Å². The lowest BCUT2D eigenvalue weighted by Gasteiger charge is -2.23. The molecular weight excluding hydrogens is 316 g/mol. The van der Waals surface area contributed by atoms with Gasteiger partial charge in [-0.05, 0) is 51.0 Å². The highest BCUT2D eigenvalue weighted by molar-refractivity contribution is 5.79. The smallest absolute Gasteiger partial charge is 0.328 e. The summed E-state index contributed by atoms with van der Waals surface area (Å²) in [5, 5.41) is 8.91. The maximum absolute atomic E-state index is 10.9. The number of hydrogen-bond donors (Lipinski definition) is 1. The van der Waals surface area contributed by atoms with Gasteiger partial charge in [0, 0.05) is 12.5 Å². The number of rotatable bonds is 10. The number of carbonyl (C=O) groups is 1. The van der Waals surface area contributed by atoms with Crippen molar-refractivity contribution in [2.24, 2.45) is 5.92 Å². The maximum Gasteiger partial charge on any atom is 0.328 e. The first-order valence-electron chi connectivity index (χ1n) is 9.48. The van der Waals surface area contributed by atoms with Gasteiger partial charge < -0.3 is 5.11 Å². The second-order valence-electron chi connectivity index (χ2n) is 7.05. The Balaban J connectivity index is 2.92. The molecule has 0 radical (unpaired) electrons. The van der Waals surface area contributed by atoms with E-state index in [1.165, 1.54) is 5.57 Å². The van der Waals surface area contributed by atoms with Crippen LogP contribution in [0.2, 0.25) is 0 Å². The van der Waals surface area contributed by atoms with Crippen LogP contribution in [-0.4, -0.2) is 22.3 Å². The molecule has 3 atom stereocenters. The van der Waals surface area contributed by atoms with Crippen LogP contribution < -0.4 is 0 Å². The van der Waals surface area contributed by atoms with E-state index in [1.807, 2.05) is 6.92 Å². The Hall–Kier alpha value is -1.39. The Morgan fingerprint density at radius 3 is 2.32 bits per heavy atom. The molecule has 0 saturated carbocycles. The van der Waals surface area contributed by atoms with Crippen molar-refractivity contribution < 1.29 is 19.7 Å². The molecule has 0 aromatic heterocycles. The molecule has 25 heavy (non-hydrogen) atoms. The van der Waals surface area contributed by atoms with Crippen molar-refractivity contribution in [3.05, 3.63) is 36.0 Å². The molecule has 0 aromatic rings. The van der Waals surface area contributed by atoms with Gasteiger partial charge in [0.05, 0.1) is 0 Å². The van der Waals surface area contributed by atoms with E-state index in [0.717, 1.165) is 31.8 Å². The predicted molar refractivity (Wildman–Crippen MR) is 101 cm³/mol. The summed E-state index contributed by atoms with van der Waals surface area (Å²) in [4.78, 5) is 22.3. The van der Waals surface area contributed by atoms with Gasteiger partial charge in [-0.15, -0.1) is 0 Å². The van der Waals surface area contributed by atoms with Gasteiger partial charge in [-0.25, -0.2) is 14.6 Å². The number of aliphatic carboxylic acids is 1. The van der Waals surface area contributed by atoms with Gasteiger partial charge in [0.2, 0.25) is 0 Å². The number of carboxylic acids is 1. The highest BCUT2D eigenvalue weighted by Crippen LogP contribution is 2.43. The molecule has 0 amide bonds. The van der Waals surface area contributed by atoms with Gasteiger partial charge >= 0.3 is 5.97 Å². The molecule has 0 bridgehead atoms. The molecule has 0 spiro atoms. The summed E-state index contributed by atoms with van der Waals surface area (Å²) in [6, 6.07) is 0. The molecule has 142 valence electrons. The van der Waals surface area contributed by atoms with Crippen molar-refractivity contribution in [1.29, 1.82) is 0 Å². The van der Waals surface area contributed by atoms with Crippen LogP contribution in [0.5, 0.6) is 0 Å². The number of carboxylic acid groups (broad SMARTS) is 1. The molecule has 0 aromatic carbocycles. The van der Waals surface area contributed by atoms with Crippen molar-refractivity contribution >= 4 is 5.97 Å². The van der Waals surface area contributed by atoms with Gasteiger partial charge in [0.15, 0.2) is 0 Å². The number of hydrogen-bond acceptors (Lipinski definition) is 3. The van der Waals surface area contributed by atoms with Crippen LogP contribution in [0.1, 0.15) is 73.1 Å². The molecule has 1 N–H and O–H groups in total. The SMILES string of the molecule is CC/C=C/C(CC)C/C(C)=C/[C@@]1(CC)C[C@](/C=C/C(=O)O)(CC)OO1. The standard InChI is InChI=1S/C21H34O4/c1-6-10-11-18(7-2)14-17(5)15-21(9-4)16-20(8-3,24-25-21)13-12-19(22)23/h10-13,15,18H,6-9,14,16H2,1-5H3,(H,22,23)/b11-10+,13-12+,17-15+/t18?,20-,21+/m1/s1. The van der Waals surface area contributed by atoms with E-state index >= 15 is 0 Å². The third-order valence-corrected chi connectivity index (χ3v) is 4.96. The van der Waals surface area contributed by atoms with E-state index in [9.17, 15) is 4.79 Å². The van der Waals surface area contributed by atoms with Crippen LogP contribution in [0.15, 0.2) is 36.0 Å². The first-order chi connectivity index (χ1) is 11.8. The van der Waals surface area contributed by atoms with Gasteiger partial charge in [-0.2, -0.15) is 0 Å². The summed E-state index contributed by atoms with van der Waals surface area (Å²) >= 11 is 0. The second kappa shape index (κ2) is 9.93. The Morgan fingerprint density at radius 1 is 1.16 bits per heavy atom. The maximum atomic E-state index is 10.9. The minimum Gasteiger partial charge on any atom is -0.478 e. The van der Waals surface area contributed by atoms with Gasteiger partial charge in [0.25, 0.3) is 0 Å². The lowest BCUT2D eigenvalue weighted by atomic mass is 9.82. The van der Waals surface area contributed by atoms with Crippen LogP contribution >= 0.6 is 0 Å². The lowest BCUT2D eigenvalue weighted by molar-refractivity contribution is -0.333. The largest absolute Gasteiger partial charge is 0.478 e. The zero-order valence-electron chi connectivity index (χ0n) is 16.4. The molecule has 4 heteroatoms. The van der Waals surface area contributed by atoms with Crippen LogP contribution in [0, 0.1) is 5.92 Å².